The molecule has 0 N–H and O–H groups in total. The predicted octanol–water partition coefficient (Wildman–Crippen LogP) is 9.64. The Morgan fingerprint density at radius 2 is 1.10 bits per heavy atom. The van der Waals surface area contributed by atoms with E-state index in [-0.39, 0.29) is 0 Å². The van der Waals surface area contributed by atoms with Gasteiger partial charge in [-0.15, -0.1) is 0 Å². The largest absolute Gasteiger partial charge is 0.309 e. The average Bonchev–Trinajstić information content (AvgIpc) is 3.67. The van der Waals surface area contributed by atoms with Crippen molar-refractivity contribution < 1.29 is 0 Å². The molecule has 3 nitrogen and oxygen atoms in total. The Labute approximate surface area is 227 Å². The molecule has 0 amide bonds. The highest BCUT2D eigenvalue weighted by molar-refractivity contribution is 7.20. The fraction of sp³-hybridized carbons (Fsp3) is 0. The first-order valence-corrected chi connectivity index (χ1v) is 14.0. The molecule has 0 saturated heterocycles. The van der Waals surface area contributed by atoms with Crippen LogP contribution in [0.2, 0.25) is 0 Å². The maximum atomic E-state index is 5.10. The number of benzene rings is 6. The lowest BCUT2D eigenvalue weighted by Crippen LogP contribution is -1.94. The van der Waals surface area contributed by atoms with E-state index in [1.54, 1.807) is 11.3 Å². The van der Waals surface area contributed by atoms with E-state index in [1.807, 2.05) is 0 Å². The van der Waals surface area contributed by atoms with Gasteiger partial charge in [0.25, 0.3) is 0 Å². The summed E-state index contributed by atoms with van der Waals surface area (Å²) in [4.78, 5) is 5.10. The van der Waals surface area contributed by atoms with E-state index in [9.17, 15) is 0 Å². The molecule has 39 heavy (non-hydrogen) atoms. The lowest BCUT2D eigenvalue weighted by atomic mass is 10.0. The van der Waals surface area contributed by atoms with Crippen LogP contribution < -0.4 is 0 Å². The quantitative estimate of drug-likeness (QED) is 0.225. The highest BCUT2D eigenvalue weighted by Crippen LogP contribution is 2.42. The van der Waals surface area contributed by atoms with Crippen molar-refractivity contribution in [1.82, 2.24) is 14.1 Å². The summed E-state index contributed by atoms with van der Waals surface area (Å²) in [7, 11) is 0. The summed E-state index contributed by atoms with van der Waals surface area (Å²) in [6, 6.07) is 45.7. The van der Waals surface area contributed by atoms with Gasteiger partial charge in [-0.2, -0.15) is 0 Å². The van der Waals surface area contributed by atoms with Crippen LogP contribution >= 0.6 is 11.3 Å². The minimum absolute atomic E-state index is 1.00. The summed E-state index contributed by atoms with van der Waals surface area (Å²) >= 11 is 1.75. The highest BCUT2D eigenvalue weighted by Gasteiger charge is 2.20. The topological polar surface area (TPSA) is 22.8 Å². The van der Waals surface area contributed by atoms with Gasteiger partial charge in [0, 0.05) is 32.6 Å². The molecule has 0 aliphatic carbocycles. The Morgan fingerprint density at radius 3 is 1.95 bits per heavy atom. The average molecular weight is 516 g/mol. The van der Waals surface area contributed by atoms with Gasteiger partial charge in [0.1, 0.15) is 0 Å². The van der Waals surface area contributed by atoms with Crippen molar-refractivity contribution in [1.29, 1.82) is 0 Å². The molecule has 0 unspecified atom stereocenters. The molecule has 9 rings (SSSR count). The SMILES string of the molecule is c1ccc(-n2c3ccccc3c3c4ccc5c6ccccc6n(-c6nc7ccccc7s6)c5c4ccc32)cc1. The first-order chi connectivity index (χ1) is 19.4. The zero-order chi connectivity index (χ0) is 25.5. The Hall–Kier alpha value is -4.93. The van der Waals surface area contributed by atoms with E-state index < -0.39 is 0 Å². The molecule has 0 aliphatic rings. The highest BCUT2D eigenvalue weighted by atomic mass is 32.1. The van der Waals surface area contributed by atoms with Crippen molar-refractivity contribution in [2.24, 2.45) is 0 Å². The van der Waals surface area contributed by atoms with Crippen LogP contribution in [0, 0.1) is 0 Å². The first-order valence-electron chi connectivity index (χ1n) is 13.2. The van der Waals surface area contributed by atoms with Crippen LogP contribution in [0.1, 0.15) is 0 Å². The Morgan fingerprint density at radius 1 is 0.462 bits per heavy atom. The van der Waals surface area contributed by atoms with Crippen molar-refractivity contribution in [2.45, 2.75) is 0 Å². The number of hydrogen-bond donors (Lipinski definition) is 0. The predicted molar refractivity (Wildman–Crippen MR) is 166 cm³/mol. The zero-order valence-corrected chi connectivity index (χ0v) is 21.7. The summed E-state index contributed by atoms with van der Waals surface area (Å²) in [5, 5.41) is 8.56. The summed E-state index contributed by atoms with van der Waals surface area (Å²) in [5.74, 6) is 0. The molecule has 4 heteroatoms. The molecule has 9 aromatic rings. The lowest BCUT2D eigenvalue weighted by Gasteiger charge is -2.09. The molecule has 3 aromatic heterocycles. The molecule has 0 radical (unpaired) electrons. The van der Waals surface area contributed by atoms with Gasteiger partial charge in [0.2, 0.25) is 0 Å². The summed E-state index contributed by atoms with van der Waals surface area (Å²) < 4.78 is 5.96. The lowest BCUT2D eigenvalue weighted by molar-refractivity contribution is 1.15. The van der Waals surface area contributed by atoms with Gasteiger partial charge in [-0.1, -0.05) is 96.3 Å². The Bertz CT molecular complexity index is 2360. The summed E-state index contributed by atoms with van der Waals surface area (Å²) in [6.07, 6.45) is 0. The third kappa shape index (κ3) is 2.84. The van der Waals surface area contributed by atoms with Crippen LogP contribution in [-0.2, 0) is 0 Å². The van der Waals surface area contributed by atoms with Crippen LogP contribution in [0.15, 0.2) is 127 Å². The van der Waals surface area contributed by atoms with E-state index in [0.717, 1.165) is 10.6 Å². The van der Waals surface area contributed by atoms with Crippen LogP contribution in [0.3, 0.4) is 0 Å². The smallest absolute Gasteiger partial charge is 0.195 e. The van der Waals surface area contributed by atoms with E-state index >= 15 is 0 Å². The molecule has 182 valence electrons. The minimum atomic E-state index is 1.00. The molecule has 0 atom stereocenters. The molecular formula is C35H21N3S. The van der Waals surface area contributed by atoms with E-state index in [1.165, 1.54) is 64.8 Å². The normalized spacial score (nSPS) is 12.1. The molecule has 0 bridgehead atoms. The van der Waals surface area contributed by atoms with Crippen LogP contribution in [-0.4, -0.2) is 14.1 Å². The van der Waals surface area contributed by atoms with Crippen LogP contribution in [0.25, 0.3) is 75.4 Å². The first kappa shape index (κ1) is 21.1. The van der Waals surface area contributed by atoms with Crippen molar-refractivity contribution in [2.75, 3.05) is 0 Å². The molecule has 0 spiro atoms. The van der Waals surface area contributed by atoms with Gasteiger partial charge in [0.15, 0.2) is 5.13 Å². The fourth-order valence-corrected chi connectivity index (χ4v) is 7.33. The van der Waals surface area contributed by atoms with Crippen molar-refractivity contribution >= 4 is 75.9 Å². The Balaban J connectivity index is 1.48. The van der Waals surface area contributed by atoms with Gasteiger partial charge in [-0.05, 0) is 47.9 Å². The third-order valence-corrected chi connectivity index (χ3v) is 8.97. The van der Waals surface area contributed by atoms with Gasteiger partial charge >= 0.3 is 0 Å². The van der Waals surface area contributed by atoms with Gasteiger partial charge in [-0.25, -0.2) is 4.98 Å². The van der Waals surface area contributed by atoms with E-state index in [2.05, 4.69) is 137 Å². The maximum absolute atomic E-state index is 5.10. The number of fused-ring (bicyclic) bond motifs is 10. The molecular weight excluding hydrogens is 494 g/mol. The van der Waals surface area contributed by atoms with E-state index in [4.69, 9.17) is 4.98 Å². The van der Waals surface area contributed by atoms with Crippen molar-refractivity contribution in [3.63, 3.8) is 0 Å². The molecule has 6 aromatic carbocycles. The second-order valence-corrected chi connectivity index (χ2v) is 11.0. The monoisotopic (exact) mass is 515 g/mol. The summed E-state index contributed by atoms with van der Waals surface area (Å²) in [6.45, 7) is 0. The third-order valence-electron chi connectivity index (χ3n) is 7.95. The van der Waals surface area contributed by atoms with Crippen LogP contribution in [0.4, 0.5) is 0 Å². The second-order valence-electron chi connectivity index (χ2n) is 10.0. The van der Waals surface area contributed by atoms with Crippen LogP contribution in [0.5, 0.6) is 0 Å². The number of nitrogens with zero attached hydrogens (tertiary/aromatic N) is 3. The molecule has 3 heterocycles. The standard InChI is InChI=1S/C35H21N3S/c1-2-10-22(11-3-1)37-30-16-8-5-13-27(30)33-24-18-19-25-23-12-4-7-15-29(23)38(34(25)26(24)20-21-31(33)37)35-36-28-14-6-9-17-32(28)39-35/h1-21H. The van der Waals surface area contributed by atoms with Gasteiger partial charge in [-0.3, -0.25) is 4.57 Å². The maximum Gasteiger partial charge on any atom is 0.195 e. The van der Waals surface area contributed by atoms with E-state index in [0.29, 0.717) is 0 Å². The summed E-state index contributed by atoms with van der Waals surface area (Å²) in [5.41, 5.74) is 7.05. The fourth-order valence-electron chi connectivity index (χ4n) is 6.34. The number of hydrogen-bond acceptors (Lipinski definition) is 2. The van der Waals surface area contributed by atoms with Crippen molar-refractivity contribution in [3.8, 4) is 10.8 Å². The minimum Gasteiger partial charge on any atom is -0.309 e. The number of para-hydroxylation sites is 4. The number of aromatic nitrogens is 3. The molecule has 0 aliphatic heterocycles. The molecule has 0 saturated carbocycles. The van der Waals surface area contributed by atoms with Gasteiger partial charge < -0.3 is 4.57 Å². The number of rotatable bonds is 2. The molecule has 0 fully saturated rings. The van der Waals surface area contributed by atoms with Gasteiger partial charge in [0.05, 0.1) is 32.3 Å². The van der Waals surface area contributed by atoms with Crippen molar-refractivity contribution in [3.05, 3.63) is 127 Å². The second kappa shape index (κ2) is 7.79. The Kier molecular flexibility index (Phi) is 4.21. The number of thiazole rings is 1. The zero-order valence-electron chi connectivity index (χ0n) is 20.9.